The average molecular weight is 436 g/mol. The Hall–Kier alpha value is -2.19. The van der Waals surface area contributed by atoms with Gasteiger partial charge < -0.3 is 4.90 Å². The van der Waals surface area contributed by atoms with Gasteiger partial charge in [-0.25, -0.2) is 13.5 Å². The van der Waals surface area contributed by atoms with Crippen molar-refractivity contribution in [3.05, 3.63) is 65.4 Å². The lowest BCUT2D eigenvalue weighted by Gasteiger charge is -2.34. The van der Waals surface area contributed by atoms with E-state index in [1.807, 2.05) is 28.3 Å². The minimum atomic E-state index is -4.39. The highest BCUT2D eigenvalue weighted by molar-refractivity contribution is 7.82. The predicted molar refractivity (Wildman–Crippen MR) is 112 cm³/mol. The van der Waals surface area contributed by atoms with E-state index in [-0.39, 0.29) is 0 Å². The van der Waals surface area contributed by atoms with E-state index in [0.29, 0.717) is 37.9 Å². The van der Waals surface area contributed by atoms with Crippen molar-refractivity contribution in [2.75, 3.05) is 31.1 Å². The third-order valence-corrected chi connectivity index (χ3v) is 7.50. The number of rotatable bonds is 4. The van der Waals surface area contributed by atoms with Gasteiger partial charge in [0.25, 0.3) is 0 Å². The number of piperazine rings is 1. The normalized spacial score (nSPS) is 20.8. The maximum absolute atomic E-state index is 13.3. The maximum atomic E-state index is 13.3. The summed E-state index contributed by atoms with van der Waals surface area (Å²) >= 11 is 0. The van der Waals surface area contributed by atoms with Crippen LogP contribution >= 0.6 is 0 Å². The highest BCUT2D eigenvalue weighted by atomic mass is 32.2. The molecule has 0 spiro atoms. The van der Waals surface area contributed by atoms with Crippen molar-refractivity contribution in [1.29, 1.82) is 0 Å². The van der Waals surface area contributed by atoms with Crippen LogP contribution in [0, 0.1) is 5.92 Å². The van der Waals surface area contributed by atoms with E-state index >= 15 is 0 Å². The number of benzene rings is 1. The molecule has 2 heterocycles. The molecule has 2 atom stereocenters. The Kier molecular flexibility index (Phi) is 5.72. The van der Waals surface area contributed by atoms with Crippen LogP contribution < -0.4 is 4.90 Å². The van der Waals surface area contributed by atoms with Crippen molar-refractivity contribution in [2.45, 2.75) is 30.8 Å². The Labute approximate surface area is 177 Å². The van der Waals surface area contributed by atoms with Crippen molar-refractivity contribution < 1.29 is 17.4 Å². The molecule has 4 rings (SSSR count). The fourth-order valence-electron chi connectivity index (χ4n) is 4.09. The minimum absolute atomic E-state index is 0.403. The zero-order chi connectivity index (χ0) is 21.5. The summed E-state index contributed by atoms with van der Waals surface area (Å²) in [7, 11) is -1.26. The predicted octanol–water partition coefficient (Wildman–Crippen LogP) is 4.24. The second-order valence-corrected chi connectivity index (χ2v) is 9.37. The van der Waals surface area contributed by atoms with Gasteiger partial charge in [0.05, 0.1) is 10.5 Å². The molecule has 1 fully saturated rings. The Bertz CT molecular complexity index is 967. The van der Waals surface area contributed by atoms with Crippen LogP contribution in [0.2, 0.25) is 0 Å². The molecule has 8 heteroatoms. The molecule has 0 bridgehead atoms. The van der Waals surface area contributed by atoms with E-state index in [9.17, 15) is 17.4 Å². The van der Waals surface area contributed by atoms with Crippen LogP contribution in [0.5, 0.6) is 0 Å². The highest BCUT2D eigenvalue weighted by Gasteiger charge is 2.32. The summed E-state index contributed by atoms with van der Waals surface area (Å²) in [6.45, 7) is 8.37. The van der Waals surface area contributed by atoms with Crippen molar-refractivity contribution >= 4 is 16.8 Å². The lowest BCUT2D eigenvalue weighted by Crippen LogP contribution is -2.47. The molecule has 0 saturated carbocycles. The third-order valence-electron chi connectivity index (χ3n) is 5.90. The van der Waals surface area contributed by atoms with Crippen molar-refractivity contribution in [2.24, 2.45) is 5.92 Å². The first-order valence-electron chi connectivity index (χ1n) is 9.95. The lowest BCUT2D eigenvalue weighted by atomic mass is 9.99. The number of allylic oxidation sites excluding steroid dienone is 1. The zero-order valence-corrected chi connectivity index (χ0v) is 17.6. The van der Waals surface area contributed by atoms with Crippen molar-refractivity contribution in [1.82, 2.24) is 9.29 Å². The first-order valence-corrected chi connectivity index (χ1v) is 11.1. The molecular weight excluding hydrogens is 411 g/mol. The Balaban J connectivity index is 1.43. The summed E-state index contributed by atoms with van der Waals surface area (Å²) in [5, 5.41) is 0. The molecule has 4 nitrogen and oxygen atoms in total. The topological polar surface area (TPSA) is 36.4 Å². The maximum Gasteiger partial charge on any atom is 0.417 e. The first-order chi connectivity index (χ1) is 14.2. The van der Waals surface area contributed by atoms with Crippen molar-refractivity contribution in [3.63, 3.8) is 0 Å². The van der Waals surface area contributed by atoms with Gasteiger partial charge in [-0.2, -0.15) is 13.2 Å². The monoisotopic (exact) mass is 435 g/mol. The molecular formula is C22H24F3N3OS. The largest absolute Gasteiger partial charge is 0.417 e. The number of alkyl halides is 3. The molecule has 2 unspecified atom stereocenters. The van der Waals surface area contributed by atoms with Crippen LogP contribution in [0.15, 0.2) is 53.6 Å². The lowest BCUT2D eigenvalue weighted by molar-refractivity contribution is -0.137. The molecule has 2 aromatic rings. The molecule has 1 aliphatic carbocycles. The molecule has 0 amide bonds. The van der Waals surface area contributed by atoms with Gasteiger partial charge >= 0.3 is 6.18 Å². The summed E-state index contributed by atoms with van der Waals surface area (Å²) < 4.78 is 53.4. The molecule has 30 heavy (non-hydrogen) atoms. The van der Waals surface area contributed by atoms with Gasteiger partial charge in [0, 0.05) is 32.4 Å². The number of aromatic nitrogens is 1. The van der Waals surface area contributed by atoms with E-state index in [4.69, 9.17) is 0 Å². The molecule has 2 aliphatic rings. The number of hydrogen-bond acceptors (Lipinski definition) is 3. The van der Waals surface area contributed by atoms with Crippen LogP contribution in [0.3, 0.4) is 0 Å². The van der Waals surface area contributed by atoms with Crippen LogP contribution in [-0.2, 0) is 30.0 Å². The molecule has 0 radical (unpaired) electrons. The number of halogens is 3. The van der Waals surface area contributed by atoms with Gasteiger partial charge in [-0.15, -0.1) is 0 Å². The van der Waals surface area contributed by atoms with E-state index < -0.39 is 22.7 Å². The zero-order valence-electron chi connectivity index (χ0n) is 16.8. The fourth-order valence-corrected chi connectivity index (χ4v) is 5.49. The number of fused-ring (bicyclic) bond motifs is 1. The molecule has 1 aliphatic heterocycles. The summed E-state index contributed by atoms with van der Waals surface area (Å²) in [6.07, 6.45) is -1.70. The third kappa shape index (κ3) is 4.16. The standard InChI is InChI=1S/C22H24F3N3OS/c1-15(2)17-12-16-4-3-5-20(19(16)13-17)30(29)28-10-8-27(9-11-28)21-7-6-18(14-26-21)22(23,24)25/h3-7,14,17H,1,8-13H2,2H3. The fraction of sp³-hybridized carbons (Fsp3) is 0.409. The number of anilines is 1. The van der Waals surface area contributed by atoms with Gasteiger partial charge in [0.1, 0.15) is 16.8 Å². The molecule has 0 N–H and O–H groups in total. The number of hydrogen-bond donors (Lipinski definition) is 0. The molecule has 1 saturated heterocycles. The van der Waals surface area contributed by atoms with Crippen molar-refractivity contribution in [3.8, 4) is 0 Å². The Morgan fingerprint density at radius 1 is 1.13 bits per heavy atom. The minimum Gasteiger partial charge on any atom is -0.354 e. The van der Waals surface area contributed by atoms with E-state index in [1.54, 1.807) is 0 Å². The molecule has 1 aromatic carbocycles. The Morgan fingerprint density at radius 2 is 1.87 bits per heavy atom. The van der Waals surface area contributed by atoms with E-state index in [1.165, 1.54) is 17.2 Å². The van der Waals surface area contributed by atoms with Gasteiger partial charge in [-0.1, -0.05) is 24.3 Å². The first kappa shape index (κ1) is 21.1. The van der Waals surface area contributed by atoms with E-state index in [0.717, 1.165) is 35.6 Å². The Morgan fingerprint density at radius 3 is 2.47 bits per heavy atom. The second-order valence-electron chi connectivity index (χ2n) is 7.91. The van der Waals surface area contributed by atoms with Crippen LogP contribution in [0.1, 0.15) is 23.6 Å². The molecule has 1 aromatic heterocycles. The second kappa shape index (κ2) is 8.15. The number of nitrogens with zero attached hydrogens (tertiary/aromatic N) is 3. The van der Waals surface area contributed by atoms with Crippen LogP contribution in [0.25, 0.3) is 0 Å². The number of pyridine rings is 1. The SMILES string of the molecule is C=C(C)C1Cc2cccc(S(=O)N3CCN(c4ccc(C(F)(F)F)cn4)CC3)c2C1. The van der Waals surface area contributed by atoms with Gasteiger partial charge in [0.15, 0.2) is 0 Å². The summed E-state index contributed by atoms with van der Waals surface area (Å²) in [6, 6.07) is 8.47. The smallest absolute Gasteiger partial charge is 0.354 e. The van der Waals surface area contributed by atoms with Gasteiger partial charge in [-0.05, 0) is 55.0 Å². The van der Waals surface area contributed by atoms with Crippen LogP contribution in [0.4, 0.5) is 19.0 Å². The van der Waals surface area contributed by atoms with E-state index in [2.05, 4.69) is 17.6 Å². The van der Waals surface area contributed by atoms with Gasteiger partial charge in [-0.3, -0.25) is 0 Å². The van der Waals surface area contributed by atoms with Gasteiger partial charge in [0.2, 0.25) is 0 Å². The highest BCUT2D eigenvalue weighted by Crippen LogP contribution is 2.35. The molecule has 160 valence electrons. The summed E-state index contributed by atoms with van der Waals surface area (Å²) in [5.41, 5.74) is 2.83. The van der Waals surface area contributed by atoms with Crippen LogP contribution in [-0.4, -0.2) is 39.7 Å². The summed E-state index contributed by atoms with van der Waals surface area (Å²) in [4.78, 5) is 6.78. The quantitative estimate of drug-likeness (QED) is 0.675. The summed E-state index contributed by atoms with van der Waals surface area (Å²) in [5.74, 6) is 0.916. The average Bonchev–Trinajstić information content (AvgIpc) is 3.18.